The van der Waals surface area contributed by atoms with Crippen molar-refractivity contribution in [1.29, 1.82) is 0 Å². The highest BCUT2D eigenvalue weighted by molar-refractivity contribution is 9.10. The topological polar surface area (TPSA) is 79.8 Å². The summed E-state index contributed by atoms with van der Waals surface area (Å²) in [7, 11) is 0. The molecule has 26 heavy (non-hydrogen) atoms. The molecule has 0 atom stereocenters. The molecule has 0 heterocycles. The Morgan fingerprint density at radius 1 is 1.19 bits per heavy atom. The van der Waals surface area contributed by atoms with E-state index in [2.05, 4.69) is 31.8 Å². The molecule has 7 heteroatoms. The van der Waals surface area contributed by atoms with E-state index < -0.39 is 11.8 Å². The maximum absolute atomic E-state index is 11.9. The molecule has 0 aliphatic rings. The molecule has 2 N–H and O–H groups in total. The number of carbonyl (C=O) groups excluding carboxylic acids is 2. The average Bonchev–Trinajstić information content (AvgIpc) is 2.62. The first kappa shape index (κ1) is 19.7. The minimum atomic E-state index is -0.851. The van der Waals surface area contributed by atoms with Crippen LogP contribution in [-0.2, 0) is 9.59 Å². The minimum absolute atomic E-state index is 0.577. The standard InChI is InChI=1S/C19H20BrN3O3/c1-3-10-26-17-9-8-15(20)11-14(17)12-21-23-19(25)18(24)22-16-7-5-4-6-13(16)2/h4-9,11-12H,3,10H2,1-2H3,(H,22,24)(H,23,25)/b21-12+. The lowest BCUT2D eigenvalue weighted by Gasteiger charge is -2.08. The third-order valence-corrected chi connectivity index (χ3v) is 3.90. The summed E-state index contributed by atoms with van der Waals surface area (Å²) < 4.78 is 6.49. The number of hydrogen-bond donors (Lipinski definition) is 2. The summed E-state index contributed by atoms with van der Waals surface area (Å²) in [6.45, 7) is 4.43. The fourth-order valence-electron chi connectivity index (χ4n) is 2.07. The second-order valence-corrected chi connectivity index (χ2v) is 6.41. The van der Waals surface area contributed by atoms with Crippen molar-refractivity contribution in [3.8, 4) is 5.75 Å². The molecule has 2 amide bonds. The zero-order valence-electron chi connectivity index (χ0n) is 14.6. The summed E-state index contributed by atoms with van der Waals surface area (Å²) >= 11 is 3.38. The van der Waals surface area contributed by atoms with E-state index in [1.165, 1.54) is 6.21 Å². The molecule has 0 aromatic heterocycles. The normalized spacial score (nSPS) is 10.6. The van der Waals surface area contributed by atoms with Gasteiger partial charge in [0.2, 0.25) is 0 Å². The van der Waals surface area contributed by atoms with Gasteiger partial charge in [0.05, 0.1) is 12.8 Å². The van der Waals surface area contributed by atoms with Crippen LogP contribution in [-0.4, -0.2) is 24.6 Å². The predicted molar refractivity (Wildman–Crippen MR) is 105 cm³/mol. The number of rotatable bonds is 6. The smallest absolute Gasteiger partial charge is 0.329 e. The Morgan fingerprint density at radius 2 is 1.96 bits per heavy atom. The maximum Gasteiger partial charge on any atom is 0.329 e. The number of halogens is 1. The van der Waals surface area contributed by atoms with Gasteiger partial charge >= 0.3 is 11.8 Å². The van der Waals surface area contributed by atoms with Crippen molar-refractivity contribution in [2.45, 2.75) is 20.3 Å². The molecule has 0 saturated heterocycles. The maximum atomic E-state index is 11.9. The Labute approximate surface area is 160 Å². The Kier molecular flexibility index (Phi) is 7.35. The van der Waals surface area contributed by atoms with Gasteiger partial charge in [-0.25, -0.2) is 5.43 Å². The SMILES string of the molecule is CCCOc1ccc(Br)cc1/C=N/NC(=O)C(=O)Nc1ccccc1C. The zero-order chi connectivity index (χ0) is 18.9. The number of amides is 2. The number of hydrogen-bond acceptors (Lipinski definition) is 4. The first-order valence-corrected chi connectivity index (χ1v) is 8.93. The number of ether oxygens (including phenoxy) is 1. The first-order valence-electron chi connectivity index (χ1n) is 8.13. The molecule has 2 rings (SSSR count). The molecule has 2 aromatic carbocycles. The quantitative estimate of drug-likeness (QED) is 0.427. The van der Waals surface area contributed by atoms with E-state index in [0.717, 1.165) is 16.5 Å². The molecule has 0 aliphatic heterocycles. The summed E-state index contributed by atoms with van der Waals surface area (Å²) in [5.74, 6) is -0.985. The van der Waals surface area contributed by atoms with E-state index in [0.29, 0.717) is 23.6 Å². The Balaban J connectivity index is 1.99. The number of carbonyl (C=O) groups is 2. The van der Waals surface area contributed by atoms with Crippen LogP contribution < -0.4 is 15.5 Å². The molecule has 0 spiro atoms. The molecular weight excluding hydrogens is 398 g/mol. The number of benzene rings is 2. The van der Waals surface area contributed by atoms with E-state index in [-0.39, 0.29) is 0 Å². The zero-order valence-corrected chi connectivity index (χ0v) is 16.2. The lowest BCUT2D eigenvalue weighted by molar-refractivity contribution is -0.136. The van der Waals surface area contributed by atoms with Gasteiger partial charge < -0.3 is 10.1 Å². The van der Waals surface area contributed by atoms with Crippen molar-refractivity contribution in [2.75, 3.05) is 11.9 Å². The second-order valence-electron chi connectivity index (χ2n) is 5.50. The van der Waals surface area contributed by atoms with Gasteiger partial charge in [-0.05, 0) is 43.2 Å². The second kappa shape index (κ2) is 9.72. The molecule has 0 saturated carbocycles. The Morgan fingerprint density at radius 3 is 2.69 bits per heavy atom. The van der Waals surface area contributed by atoms with Gasteiger partial charge in [0.25, 0.3) is 0 Å². The number of para-hydroxylation sites is 1. The highest BCUT2D eigenvalue weighted by Gasteiger charge is 2.13. The van der Waals surface area contributed by atoms with E-state index in [9.17, 15) is 9.59 Å². The number of aryl methyl sites for hydroxylation is 1. The molecule has 2 aromatic rings. The summed E-state index contributed by atoms with van der Waals surface area (Å²) in [5, 5.41) is 6.40. The van der Waals surface area contributed by atoms with Crippen LogP contribution in [0, 0.1) is 6.92 Å². The monoisotopic (exact) mass is 417 g/mol. The van der Waals surface area contributed by atoms with E-state index in [4.69, 9.17) is 4.74 Å². The van der Waals surface area contributed by atoms with Crippen molar-refractivity contribution < 1.29 is 14.3 Å². The highest BCUT2D eigenvalue weighted by Crippen LogP contribution is 2.22. The van der Waals surface area contributed by atoms with Gasteiger partial charge in [-0.2, -0.15) is 5.10 Å². The van der Waals surface area contributed by atoms with Gasteiger partial charge in [0.1, 0.15) is 5.75 Å². The van der Waals surface area contributed by atoms with Gasteiger partial charge in [0.15, 0.2) is 0 Å². The van der Waals surface area contributed by atoms with Gasteiger partial charge in [-0.15, -0.1) is 0 Å². The van der Waals surface area contributed by atoms with Crippen molar-refractivity contribution in [1.82, 2.24) is 5.43 Å². The van der Waals surface area contributed by atoms with E-state index >= 15 is 0 Å². The van der Waals surface area contributed by atoms with Crippen LogP contribution in [0.5, 0.6) is 5.75 Å². The summed E-state index contributed by atoms with van der Waals surface area (Å²) in [5.41, 5.74) is 4.36. The molecule has 6 nitrogen and oxygen atoms in total. The van der Waals surface area contributed by atoms with Crippen LogP contribution >= 0.6 is 15.9 Å². The predicted octanol–water partition coefficient (Wildman–Crippen LogP) is 3.64. The minimum Gasteiger partial charge on any atom is -0.493 e. The number of anilines is 1. The molecule has 0 aliphatic carbocycles. The Bertz CT molecular complexity index is 821. The largest absolute Gasteiger partial charge is 0.493 e. The number of nitrogens with one attached hydrogen (secondary N) is 2. The van der Waals surface area contributed by atoms with Crippen LogP contribution in [0.15, 0.2) is 52.0 Å². The summed E-state index contributed by atoms with van der Waals surface area (Å²) in [4.78, 5) is 23.8. The molecule has 0 bridgehead atoms. The van der Waals surface area contributed by atoms with Crippen molar-refractivity contribution in [3.05, 3.63) is 58.1 Å². The van der Waals surface area contributed by atoms with Crippen LogP contribution in [0.4, 0.5) is 5.69 Å². The summed E-state index contributed by atoms with van der Waals surface area (Å²) in [6, 6.07) is 12.7. The van der Waals surface area contributed by atoms with E-state index in [1.807, 2.05) is 44.2 Å². The van der Waals surface area contributed by atoms with Crippen LogP contribution in [0.25, 0.3) is 0 Å². The molecule has 0 unspecified atom stereocenters. The lowest BCUT2D eigenvalue weighted by Crippen LogP contribution is -2.32. The fourth-order valence-corrected chi connectivity index (χ4v) is 2.45. The van der Waals surface area contributed by atoms with E-state index in [1.54, 1.807) is 12.1 Å². The lowest BCUT2D eigenvalue weighted by atomic mass is 10.2. The molecule has 0 fully saturated rings. The van der Waals surface area contributed by atoms with Crippen molar-refractivity contribution >= 4 is 39.6 Å². The first-order chi connectivity index (χ1) is 12.5. The van der Waals surface area contributed by atoms with Crippen molar-refractivity contribution in [2.24, 2.45) is 5.10 Å². The van der Waals surface area contributed by atoms with Gasteiger partial charge in [0, 0.05) is 15.7 Å². The molecule has 136 valence electrons. The van der Waals surface area contributed by atoms with Crippen LogP contribution in [0.3, 0.4) is 0 Å². The Hall–Kier alpha value is -2.67. The van der Waals surface area contributed by atoms with Crippen molar-refractivity contribution in [3.63, 3.8) is 0 Å². The molecular formula is C19H20BrN3O3. The molecule has 0 radical (unpaired) electrons. The van der Waals surface area contributed by atoms with Crippen LogP contribution in [0.2, 0.25) is 0 Å². The fraction of sp³-hybridized carbons (Fsp3) is 0.211. The third kappa shape index (κ3) is 5.70. The van der Waals surface area contributed by atoms with Crippen LogP contribution in [0.1, 0.15) is 24.5 Å². The summed E-state index contributed by atoms with van der Waals surface area (Å²) in [6.07, 6.45) is 2.32. The third-order valence-electron chi connectivity index (χ3n) is 3.40. The number of nitrogens with zero attached hydrogens (tertiary/aromatic N) is 1. The average molecular weight is 418 g/mol. The van der Waals surface area contributed by atoms with Gasteiger partial charge in [-0.1, -0.05) is 41.1 Å². The highest BCUT2D eigenvalue weighted by atomic mass is 79.9. The number of hydrazone groups is 1. The van der Waals surface area contributed by atoms with Gasteiger partial charge in [-0.3, -0.25) is 9.59 Å².